The second kappa shape index (κ2) is 7.38. The van der Waals surface area contributed by atoms with Gasteiger partial charge in [0.05, 0.1) is 7.11 Å². The summed E-state index contributed by atoms with van der Waals surface area (Å²) in [7, 11) is 3.20. The molecule has 2 aliphatic rings. The third-order valence-electron chi connectivity index (χ3n) is 4.99. The van der Waals surface area contributed by atoms with Crippen molar-refractivity contribution in [2.24, 2.45) is 5.92 Å². The van der Waals surface area contributed by atoms with Gasteiger partial charge in [0.15, 0.2) is 17.3 Å². The highest BCUT2D eigenvalue weighted by Crippen LogP contribution is 2.40. The summed E-state index contributed by atoms with van der Waals surface area (Å²) < 4.78 is 22.3. The SMILES string of the molecule is C=CCC1=C[C@](OC)(C(C)Cc2ccc3c(c2)OCO3)C(OC)=CC1=O. The summed E-state index contributed by atoms with van der Waals surface area (Å²) in [6.07, 6.45) is 6.34. The van der Waals surface area contributed by atoms with Gasteiger partial charge < -0.3 is 18.9 Å². The van der Waals surface area contributed by atoms with E-state index in [1.54, 1.807) is 20.3 Å². The molecule has 0 amide bonds. The fraction of sp³-hybridized carbons (Fsp3) is 0.381. The van der Waals surface area contributed by atoms with E-state index in [0.29, 0.717) is 17.8 Å². The average molecular weight is 356 g/mol. The molecule has 1 unspecified atom stereocenters. The zero-order valence-electron chi connectivity index (χ0n) is 15.4. The minimum atomic E-state index is -0.808. The highest BCUT2D eigenvalue weighted by molar-refractivity contribution is 6.06. The van der Waals surface area contributed by atoms with Gasteiger partial charge in [-0.2, -0.15) is 0 Å². The van der Waals surface area contributed by atoms with E-state index < -0.39 is 5.60 Å². The Bertz CT molecular complexity index is 777. The number of methoxy groups -OCH3 is 2. The first-order chi connectivity index (χ1) is 12.5. The molecular weight excluding hydrogens is 332 g/mol. The van der Waals surface area contributed by atoms with Crippen LogP contribution < -0.4 is 9.47 Å². The predicted octanol–water partition coefficient (Wildman–Crippen LogP) is 3.59. The standard InChI is InChI=1S/C21H24O5/c1-5-6-16-12-21(24-4,20(23-3)11-17(16)22)14(2)9-15-7-8-18-19(10-15)26-13-25-18/h5,7-8,10-12,14H,1,6,9,13H2,2-4H3/t14?,21-/m0/s1. The fourth-order valence-corrected chi connectivity index (χ4v) is 3.58. The molecule has 1 aliphatic heterocycles. The molecule has 1 aromatic carbocycles. The molecule has 0 aromatic heterocycles. The molecule has 0 saturated carbocycles. The lowest BCUT2D eigenvalue weighted by atomic mass is 9.77. The summed E-state index contributed by atoms with van der Waals surface area (Å²) >= 11 is 0. The number of carbonyl (C=O) groups is 1. The lowest BCUT2D eigenvalue weighted by Gasteiger charge is -2.39. The number of allylic oxidation sites excluding steroid dienone is 3. The summed E-state index contributed by atoms with van der Waals surface area (Å²) in [5, 5.41) is 0. The molecule has 0 N–H and O–H groups in total. The van der Waals surface area contributed by atoms with Crippen molar-refractivity contribution >= 4 is 5.78 Å². The van der Waals surface area contributed by atoms with Crippen LogP contribution in [0.5, 0.6) is 11.5 Å². The summed E-state index contributed by atoms with van der Waals surface area (Å²) in [6.45, 7) is 6.07. The Kier molecular flexibility index (Phi) is 5.18. The van der Waals surface area contributed by atoms with Crippen LogP contribution in [0.3, 0.4) is 0 Å². The van der Waals surface area contributed by atoms with Gasteiger partial charge in [0.25, 0.3) is 0 Å². The molecule has 1 aromatic rings. The normalized spacial score (nSPS) is 22.5. The Morgan fingerprint density at radius 1 is 1.31 bits per heavy atom. The number of ketones is 1. The summed E-state index contributed by atoms with van der Waals surface area (Å²) in [5.41, 5.74) is 0.960. The van der Waals surface area contributed by atoms with Crippen LogP contribution in [-0.4, -0.2) is 32.4 Å². The van der Waals surface area contributed by atoms with Crippen LogP contribution >= 0.6 is 0 Å². The second-order valence-electron chi connectivity index (χ2n) is 6.53. The van der Waals surface area contributed by atoms with Crippen molar-refractivity contribution in [2.45, 2.75) is 25.4 Å². The Balaban J connectivity index is 1.92. The number of ether oxygens (including phenoxy) is 4. The molecular formula is C21H24O5. The minimum Gasteiger partial charge on any atom is -0.498 e. The highest BCUT2D eigenvalue weighted by atomic mass is 16.7. The van der Waals surface area contributed by atoms with Gasteiger partial charge >= 0.3 is 0 Å². The van der Waals surface area contributed by atoms with Gasteiger partial charge in [0, 0.05) is 24.7 Å². The molecule has 0 fully saturated rings. The summed E-state index contributed by atoms with van der Waals surface area (Å²) in [4.78, 5) is 12.3. The van der Waals surface area contributed by atoms with Crippen LogP contribution in [0, 0.1) is 5.92 Å². The number of fused-ring (bicyclic) bond motifs is 1. The largest absolute Gasteiger partial charge is 0.498 e. The minimum absolute atomic E-state index is 0.0204. The molecule has 0 bridgehead atoms. The first-order valence-corrected chi connectivity index (χ1v) is 8.61. The third-order valence-corrected chi connectivity index (χ3v) is 4.99. The highest BCUT2D eigenvalue weighted by Gasteiger charge is 2.43. The Morgan fingerprint density at radius 3 is 2.77 bits per heavy atom. The number of rotatable bonds is 7. The molecule has 138 valence electrons. The van der Waals surface area contributed by atoms with Gasteiger partial charge in [0.1, 0.15) is 11.4 Å². The van der Waals surface area contributed by atoms with Crippen LogP contribution in [0.2, 0.25) is 0 Å². The van der Waals surface area contributed by atoms with E-state index in [0.717, 1.165) is 23.5 Å². The summed E-state index contributed by atoms with van der Waals surface area (Å²) in [5.74, 6) is 1.99. The molecule has 3 rings (SSSR count). The smallest absolute Gasteiger partial charge is 0.231 e. The first-order valence-electron chi connectivity index (χ1n) is 8.61. The van der Waals surface area contributed by atoms with Crippen molar-refractivity contribution in [1.29, 1.82) is 0 Å². The van der Waals surface area contributed by atoms with E-state index in [9.17, 15) is 4.79 Å². The van der Waals surface area contributed by atoms with Crippen molar-refractivity contribution in [3.05, 3.63) is 59.9 Å². The van der Waals surface area contributed by atoms with Gasteiger partial charge in [-0.1, -0.05) is 19.1 Å². The van der Waals surface area contributed by atoms with Crippen LogP contribution in [0.1, 0.15) is 18.9 Å². The van der Waals surface area contributed by atoms with E-state index in [-0.39, 0.29) is 18.5 Å². The third kappa shape index (κ3) is 3.15. The van der Waals surface area contributed by atoms with Gasteiger partial charge in [0.2, 0.25) is 6.79 Å². The molecule has 5 nitrogen and oxygen atoms in total. The maximum atomic E-state index is 12.3. The number of hydrogen-bond donors (Lipinski definition) is 0. The van der Waals surface area contributed by atoms with Gasteiger partial charge in [-0.3, -0.25) is 4.79 Å². The van der Waals surface area contributed by atoms with Crippen LogP contribution in [-0.2, 0) is 20.7 Å². The number of hydrogen-bond acceptors (Lipinski definition) is 5. The molecule has 2 atom stereocenters. The van der Waals surface area contributed by atoms with Crippen LogP contribution in [0.25, 0.3) is 0 Å². The molecule has 0 spiro atoms. The van der Waals surface area contributed by atoms with Gasteiger partial charge in [-0.05, 0) is 36.6 Å². The zero-order valence-corrected chi connectivity index (χ0v) is 15.4. The van der Waals surface area contributed by atoms with Crippen molar-refractivity contribution in [2.75, 3.05) is 21.0 Å². The zero-order chi connectivity index (χ0) is 18.7. The molecule has 0 radical (unpaired) electrons. The lowest BCUT2D eigenvalue weighted by molar-refractivity contribution is -0.112. The Hall–Kier alpha value is -2.53. The van der Waals surface area contributed by atoms with E-state index >= 15 is 0 Å². The average Bonchev–Trinajstić information content (AvgIpc) is 3.11. The predicted molar refractivity (Wildman–Crippen MR) is 98.2 cm³/mol. The lowest BCUT2D eigenvalue weighted by Crippen LogP contribution is -2.43. The molecule has 5 heteroatoms. The topological polar surface area (TPSA) is 54.0 Å². The number of carbonyl (C=O) groups excluding carboxylic acids is 1. The van der Waals surface area contributed by atoms with E-state index in [4.69, 9.17) is 18.9 Å². The first kappa shape index (κ1) is 18.3. The molecule has 26 heavy (non-hydrogen) atoms. The van der Waals surface area contributed by atoms with Crippen molar-refractivity contribution in [1.82, 2.24) is 0 Å². The monoisotopic (exact) mass is 356 g/mol. The molecule has 1 aliphatic carbocycles. The van der Waals surface area contributed by atoms with Crippen molar-refractivity contribution in [3.8, 4) is 11.5 Å². The van der Waals surface area contributed by atoms with E-state index in [2.05, 4.69) is 13.5 Å². The van der Waals surface area contributed by atoms with Crippen LogP contribution in [0.4, 0.5) is 0 Å². The number of benzene rings is 1. The fourth-order valence-electron chi connectivity index (χ4n) is 3.58. The van der Waals surface area contributed by atoms with E-state index in [1.807, 2.05) is 24.3 Å². The Morgan fingerprint density at radius 2 is 2.08 bits per heavy atom. The maximum Gasteiger partial charge on any atom is 0.231 e. The van der Waals surface area contributed by atoms with E-state index in [1.165, 1.54) is 6.08 Å². The van der Waals surface area contributed by atoms with Crippen LogP contribution in [0.15, 0.2) is 54.3 Å². The summed E-state index contributed by atoms with van der Waals surface area (Å²) in [6, 6.07) is 5.92. The quantitative estimate of drug-likeness (QED) is 0.699. The Labute approximate surface area is 153 Å². The second-order valence-corrected chi connectivity index (χ2v) is 6.53. The maximum absolute atomic E-state index is 12.3. The molecule has 0 saturated heterocycles. The molecule has 1 heterocycles. The van der Waals surface area contributed by atoms with Crippen molar-refractivity contribution in [3.63, 3.8) is 0 Å². The van der Waals surface area contributed by atoms with Gasteiger partial charge in [-0.25, -0.2) is 0 Å². The van der Waals surface area contributed by atoms with Gasteiger partial charge in [-0.15, -0.1) is 6.58 Å². The van der Waals surface area contributed by atoms with Crippen molar-refractivity contribution < 1.29 is 23.7 Å².